The van der Waals surface area contributed by atoms with Crippen LogP contribution in [-0.2, 0) is 20.8 Å². The van der Waals surface area contributed by atoms with E-state index in [-0.39, 0.29) is 60.2 Å². The fourth-order valence-electron chi connectivity index (χ4n) is 12.6. The van der Waals surface area contributed by atoms with Crippen molar-refractivity contribution in [3.63, 3.8) is 0 Å². The zero-order valence-electron chi connectivity index (χ0n) is 73.0. The van der Waals surface area contributed by atoms with Crippen LogP contribution >= 0.6 is 68.0 Å². The van der Waals surface area contributed by atoms with Crippen LogP contribution in [0.1, 0.15) is 57.0 Å². The molecule has 42 heteroatoms. The number of tetrazole rings is 1. The number of ether oxygens (including phenoxy) is 2. The summed E-state index contributed by atoms with van der Waals surface area (Å²) in [6.45, 7) is 6.84. The maximum Gasteiger partial charge on any atom is 0.323 e. The van der Waals surface area contributed by atoms with Crippen molar-refractivity contribution < 1.29 is 43.0 Å². The van der Waals surface area contributed by atoms with Gasteiger partial charge in [0.15, 0.2) is 42.3 Å². The fourth-order valence-corrected chi connectivity index (χ4v) is 16.9. The number of urea groups is 1. The molecule has 0 spiro atoms. The van der Waals surface area contributed by atoms with Crippen LogP contribution in [0.4, 0.5) is 35.6 Å². The number of nitrogens with one attached hydrogen (secondary N) is 6. The van der Waals surface area contributed by atoms with Gasteiger partial charge in [-0.3, -0.25) is 89.9 Å². The monoisotopic (exact) mass is 1920 g/mol. The van der Waals surface area contributed by atoms with Crippen LogP contribution in [0.25, 0.3) is 73.8 Å². The molecular formula is C93H85N27O9S6. The summed E-state index contributed by atoms with van der Waals surface area (Å²) in [6.07, 6.45) is 20.5. The molecule has 15 aromatic heterocycles. The second-order valence-electron chi connectivity index (χ2n) is 29.6. The number of aromatic nitrogens is 18. The van der Waals surface area contributed by atoms with Gasteiger partial charge in [-0.05, 0) is 163 Å². The number of likely N-dealkylation sites (N-methyl/N-ethyl adjacent to an activating group) is 1. The van der Waals surface area contributed by atoms with E-state index in [0.29, 0.717) is 89.8 Å². The summed E-state index contributed by atoms with van der Waals surface area (Å²) in [6, 6.07) is 51.5. The molecule has 36 nitrogen and oxygen atoms in total. The molecule has 2 aliphatic rings. The van der Waals surface area contributed by atoms with Crippen LogP contribution in [0, 0.1) is 11.8 Å². The second kappa shape index (κ2) is 47.8. The minimum absolute atomic E-state index is 0.0529. The third-order valence-corrected chi connectivity index (χ3v) is 24.0. The van der Waals surface area contributed by atoms with Crippen LogP contribution in [0.15, 0.2) is 277 Å². The van der Waals surface area contributed by atoms with E-state index in [1.807, 2.05) is 156 Å². The van der Waals surface area contributed by atoms with Gasteiger partial charge in [-0.15, -0.1) is 73.1 Å². The Kier molecular flexibility index (Phi) is 33.7. The zero-order chi connectivity index (χ0) is 94.2. The number of anilines is 6. The molecule has 135 heavy (non-hydrogen) atoms. The van der Waals surface area contributed by atoms with Gasteiger partial charge in [0.05, 0.1) is 72.0 Å². The number of benzene rings is 2. The van der Waals surface area contributed by atoms with E-state index in [1.54, 1.807) is 147 Å². The summed E-state index contributed by atoms with van der Waals surface area (Å²) in [4.78, 5) is 150. The standard InChI is InChI=1S/C18H17N3O3S.C17H20N4O2S.C16H11N7OS.C14H17N5OS.2C14H10N4OS/c1-23-15-7-6-12(9-16(15)24-2)10-17(22)21-18-20-14(11-25-18)13-5-3-4-8-19-13;1-11(2)8-21-9-12(7-15(21)22)16(23)20-17-19-14(10-24-17)13-5-3-4-6-18-13;24-15(11-4-3-5-12(8-11)23-10-18-21-22-23)20-16-19-14(9-25-16)13-6-1-2-7-17-13;1-18(2)11-7-19(8-11)14(20)17-13-16-12(9-21-13)10-4-3-5-15-6-10;19-13(10-4-3-6-15-8-10)18-14-17-12(9-20-14)11-5-1-2-7-16-11;19-13(11-5-1-2-7-16-11)18-14-17-12(9-20-14)10-4-3-6-15-8-10/h3-9,11H,10H2,1-2H3,(H,20,21,22);3-6,10-12H,7-9H2,1-2H3,(H,19,20,23);1-10H,(H,19,20,24);3-6,9,11H,7-8H2,1-2H3,(H,16,17,20);2*1-9H,(H,17,18,19). The van der Waals surface area contributed by atoms with Crippen molar-refractivity contribution in [3.8, 4) is 85.3 Å². The molecule has 682 valence electrons. The lowest BCUT2D eigenvalue weighted by molar-refractivity contribution is -0.128. The van der Waals surface area contributed by atoms with Crippen molar-refractivity contribution in [1.82, 2.24) is 105 Å². The molecule has 0 saturated carbocycles. The van der Waals surface area contributed by atoms with Gasteiger partial charge < -0.3 is 34.8 Å². The fraction of sp³-hybridized carbons (Fsp3) is 0.161. The lowest BCUT2D eigenvalue weighted by Crippen LogP contribution is -2.60. The number of amides is 8. The van der Waals surface area contributed by atoms with E-state index in [1.165, 1.54) is 85.2 Å². The van der Waals surface area contributed by atoms with Crippen molar-refractivity contribution >= 4 is 140 Å². The molecule has 2 aliphatic heterocycles. The number of thiazole rings is 6. The molecule has 2 fully saturated rings. The second-order valence-corrected chi connectivity index (χ2v) is 34.8. The van der Waals surface area contributed by atoms with Crippen molar-refractivity contribution in [3.05, 3.63) is 299 Å². The number of nitrogens with zero attached hydrogens (tertiary/aromatic N) is 21. The molecule has 2 saturated heterocycles. The number of carbonyl (C=O) groups is 7. The SMILES string of the molecule is CC(C)CN1CC(C(=O)Nc2nc(-c3ccccn3)cs2)CC1=O.CN(C)C1CN(C(=O)Nc2nc(-c3cccnc3)cs2)C1.COc1ccc(CC(=O)Nc2nc(-c3ccccn3)cs2)cc1OC.O=C(Nc1nc(-c2ccccn2)cs1)c1cccc(-n2cnnn2)c1.O=C(Nc1nc(-c2ccccn2)cs1)c1cccnc1.O=C(Nc1nc(-c2cccnc2)cs1)c1ccccn1. The van der Waals surface area contributed by atoms with Gasteiger partial charge in [0.25, 0.3) is 17.7 Å². The predicted octanol–water partition coefficient (Wildman–Crippen LogP) is 16.2. The summed E-state index contributed by atoms with van der Waals surface area (Å²) in [7, 11) is 7.20. The Balaban J connectivity index is 0.000000130. The van der Waals surface area contributed by atoms with Crippen molar-refractivity contribution in [2.75, 3.05) is 86.4 Å². The Hall–Kier alpha value is -15.9. The molecular weight excluding hydrogens is 1830 g/mol. The van der Waals surface area contributed by atoms with Gasteiger partial charge in [0, 0.05) is 156 Å². The highest BCUT2D eigenvalue weighted by Crippen LogP contribution is 2.33. The van der Waals surface area contributed by atoms with Gasteiger partial charge >= 0.3 is 6.03 Å². The largest absolute Gasteiger partial charge is 0.493 e. The van der Waals surface area contributed by atoms with Crippen LogP contribution in [-0.4, -0.2) is 207 Å². The summed E-state index contributed by atoms with van der Waals surface area (Å²) in [5.74, 6) is 0.345. The van der Waals surface area contributed by atoms with Crippen molar-refractivity contribution in [2.24, 2.45) is 11.8 Å². The van der Waals surface area contributed by atoms with E-state index in [2.05, 4.69) is 136 Å². The Bertz CT molecular complexity index is 6580. The Morgan fingerprint density at radius 1 is 0.444 bits per heavy atom. The van der Waals surface area contributed by atoms with E-state index < -0.39 is 0 Å². The highest BCUT2D eigenvalue weighted by molar-refractivity contribution is 7.15. The number of rotatable bonds is 24. The summed E-state index contributed by atoms with van der Waals surface area (Å²) >= 11 is 8.24. The normalized spacial score (nSPS) is 12.4. The van der Waals surface area contributed by atoms with Gasteiger partial charge in [0.1, 0.15) is 34.8 Å². The minimum atomic E-state index is -0.307. The first kappa shape index (κ1) is 95.2. The number of hydrogen-bond acceptors (Lipinski definition) is 33. The summed E-state index contributed by atoms with van der Waals surface area (Å²) in [5.41, 5.74) is 12.4. The third-order valence-electron chi connectivity index (χ3n) is 19.4. The van der Waals surface area contributed by atoms with Crippen LogP contribution in [0.5, 0.6) is 11.5 Å². The lowest BCUT2D eigenvalue weighted by atomic mass is 10.1. The maximum atomic E-state index is 12.5. The zero-order valence-corrected chi connectivity index (χ0v) is 77.9. The molecule has 1 unspecified atom stereocenters. The number of hydrogen-bond donors (Lipinski definition) is 6. The van der Waals surface area contributed by atoms with Crippen molar-refractivity contribution in [2.45, 2.75) is 32.7 Å². The molecule has 17 heterocycles. The first-order valence-corrected chi connectivity index (χ1v) is 46.7. The number of carbonyl (C=O) groups excluding carboxylic acids is 7. The summed E-state index contributed by atoms with van der Waals surface area (Å²) < 4.78 is 11.9. The molecule has 6 N–H and O–H groups in total. The maximum absolute atomic E-state index is 12.5. The molecule has 0 aliphatic carbocycles. The molecule has 1 atom stereocenters. The first-order valence-electron chi connectivity index (χ1n) is 41.4. The van der Waals surface area contributed by atoms with Crippen LogP contribution in [0.2, 0.25) is 0 Å². The molecule has 17 aromatic rings. The smallest absolute Gasteiger partial charge is 0.323 e. The Morgan fingerprint density at radius 3 is 1.36 bits per heavy atom. The molecule has 8 amide bonds. The Morgan fingerprint density at radius 2 is 0.904 bits per heavy atom. The average molecular weight is 1920 g/mol. The third kappa shape index (κ3) is 27.6. The topological polar surface area (TPSA) is 444 Å². The molecule has 0 bridgehead atoms. The van der Waals surface area contributed by atoms with Crippen molar-refractivity contribution in [1.29, 1.82) is 0 Å². The number of pyridine rings is 8. The number of likely N-dealkylation sites (tertiary alicyclic amines) is 2. The molecule has 19 rings (SSSR count). The van der Waals surface area contributed by atoms with E-state index >= 15 is 0 Å². The highest BCUT2D eigenvalue weighted by Gasteiger charge is 2.36. The van der Waals surface area contributed by atoms with Gasteiger partial charge in [0.2, 0.25) is 17.7 Å². The van der Waals surface area contributed by atoms with E-state index in [0.717, 1.165) is 86.7 Å². The quantitative estimate of drug-likeness (QED) is 0.0327. The van der Waals surface area contributed by atoms with Gasteiger partial charge in [-0.2, -0.15) is 0 Å². The predicted molar refractivity (Wildman–Crippen MR) is 522 cm³/mol. The van der Waals surface area contributed by atoms with E-state index in [4.69, 9.17) is 9.47 Å². The van der Waals surface area contributed by atoms with Crippen LogP contribution in [0.3, 0.4) is 0 Å². The van der Waals surface area contributed by atoms with E-state index in [9.17, 15) is 33.6 Å². The minimum Gasteiger partial charge on any atom is -0.493 e. The Labute approximate surface area is 797 Å². The van der Waals surface area contributed by atoms with Gasteiger partial charge in [-0.1, -0.05) is 56.3 Å². The molecule has 0 radical (unpaired) electrons. The van der Waals surface area contributed by atoms with Crippen LogP contribution < -0.4 is 41.4 Å². The average Bonchev–Trinajstić information content (AvgIpc) is 1.78. The van der Waals surface area contributed by atoms with Gasteiger partial charge in [-0.25, -0.2) is 39.4 Å². The first-order chi connectivity index (χ1) is 65.8. The lowest BCUT2D eigenvalue weighted by Gasteiger charge is -2.42. The summed E-state index contributed by atoms with van der Waals surface area (Å²) in [5, 5.41) is 42.3. The molecule has 2 aromatic carbocycles. The highest BCUT2D eigenvalue weighted by atomic mass is 32.1. The number of methoxy groups -OCH3 is 2.